The van der Waals surface area contributed by atoms with E-state index in [1.54, 1.807) is 18.2 Å². The highest BCUT2D eigenvalue weighted by atomic mass is 35.5. The van der Waals surface area contributed by atoms with Crippen molar-refractivity contribution in [2.45, 2.75) is 13.0 Å². The molecule has 2 aromatic heterocycles. The van der Waals surface area contributed by atoms with Gasteiger partial charge >= 0.3 is 0 Å². The number of aromatic hydroxyl groups is 1. The van der Waals surface area contributed by atoms with Crippen molar-refractivity contribution in [3.8, 4) is 5.88 Å². The summed E-state index contributed by atoms with van der Waals surface area (Å²) in [6, 6.07) is 14.3. The van der Waals surface area contributed by atoms with Crippen LogP contribution in [0, 0.1) is 0 Å². The highest BCUT2D eigenvalue weighted by molar-refractivity contribution is 6.31. The minimum Gasteiger partial charge on any atom is -0.492 e. The molecule has 0 saturated heterocycles. The summed E-state index contributed by atoms with van der Waals surface area (Å²) in [5.41, 5.74) is 0.577. The smallest absolute Gasteiger partial charge is 0.291 e. The number of H-pyrrole nitrogens is 1. The Labute approximate surface area is 152 Å². The average molecular weight is 368 g/mol. The molecule has 0 fully saturated rings. The molecule has 7 heteroatoms. The summed E-state index contributed by atoms with van der Waals surface area (Å²) >= 11 is 5.97. The van der Waals surface area contributed by atoms with Gasteiger partial charge in [-0.2, -0.15) is 0 Å². The Kier molecular flexibility index (Phi) is 3.97. The van der Waals surface area contributed by atoms with Gasteiger partial charge in [0.25, 0.3) is 5.56 Å². The summed E-state index contributed by atoms with van der Waals surface area (Å²) in [6.45, 7) is 0.280. The van der Waals surface area contributed by atoms with E-state index < -0.39 is 16.9 Å². The lowest BCUT2D eigenvalue weighted by atomic mass is 10.1. The topological polar surface area (TPSA) is 88.0 Å². The van der Waals surface area contributed by atoms with E-state index in [-0.39, 0.29) is 17.4 Å². The molecule has 0 aliphatic rings. The zero-order valence-corrected chi connectivity index (χ0v) is 14.3. The number of hydrogen-bond donors (Lipinski definition) is 2. The molecule has 0 radical (unpaired) electrons. The predicted molar refractivity (Wildman–Crippen MR) is 101 cm³/mol. The summed E-state index contributed by atoms with van der Waals surface area (Å²) in [5, 5.41) is 14.8. The molecule has 130 valence electrons. The lowest BCUT2D eigenvalue weighted by Gasteiger charge is -2.09. The van der Waals surface area contributed by atoms with Gasteiger partial charge in [0.05, 0.1) is 5.52 Å². The van der Waals surface area contributed by atoms with Gasteiger partial charge in [0.2, 0.25) is 11.3 Å². The molecular weight excluding hydrogens is 354 g/mol. The molecule has 0 amide bonds. The Morgan fingerprint density at radius 1 is 1.12 bits per heavy atom. The molecule has 4 aromatic rings. The van der Waals surface area contributed by atoms with Gasteiger partial charge in [-0.25, -0.2) is 4.68 Å². The second kappa shape index (κ2) is 6.31. The molecule has 0 aliphatic heterocycles. The molecular formula is C19H14ClN3O3. The van der Waals surface area contributed by atoms with Crippen LogP contribution in [-0.2, 0) is 13.0 Å². The summed E-state index contributed by atoms with van der Waals surface area (Å²) in [7, 11) is 0. The minimum atomic E-state index is -0.467. The lowest BCUT2D eigenvalue weighted by Crippen LogP contribution is -2.26. The monoisotopic (exact) mass is 367 g/mol. The second-order valence-electron chi connectivity index (χ2n) is 5.98. The van der Waals surface area contributed by atoms with Crippen LogP contribution in [0.15, 0.2) is 58.1 Å². The van der Waals surface area contributed by atoms with Crippen LogP contribution in [0.4, 0.5) is 0 Å². The van der Waals surface area contributed by atoms with Crippen molar-refractivity contribution in [3.63, 3.8) is 0 Å². The van der Waals surface area contributed by atoms with Crippen molar-refractivity contribution >= 4 is 33.4 Å². The maximum atomic E-state index is 12.8. The number of fused-ring (bicyclic) bond motifs is 2. The first-order valence-electron chi connectivity index (χ1n) is 8.04. The van der Waals surface area contributed by atoms with Crippen LogP contribution in [-0.4, -0.2) is 19.9 Å². The molecule has 2 N–H and O–H groups in total. The van der Waals surface area contributed by atoms with Crippen LogP contribution in [0.1, 0.15) is 5.56 Å². The van der Waals surface area contributed by atoms with E-state index in [0.717, 1.165) is 10.2 Å². The molecule has 4 rings (SSSR count). The van der Waals surface area contributed by atoms with Crippen LogP contribution in [0.5, 0.6) is 5.88 Å². The maximum absolute atomic E-state index is 12.8. The number of nitrogens with zero attached hydrogens (tertiary/aromatic N) is 2. The third kappa shape index (κ3) is 2.74. The van der Waals surface area contributed by atoms with Gasteiger partial charge in [0, 0.05) is 17.0 Å². The van der Waals surface area contributed by atoms with Crippen LogP contribution in [0.25, 0.3) is 21.8 Å². The fraction of sp³-hybridized carbons (Fsp3) is 0.105. The van der Waals surface area contributed by atoms with Crippen molar-refractivity contribution in [3.05, 3.63) is 79.7 Å². The van der Waals surface area contributed by atoms with Gasteiger partial charge in [0.1, 0.15) is 10.9 Å². The van der Waals surface area contributed by atoms with Crippen molar-refractivity contribution < 1.29 is 5.11 Å². The van der Waals surface area contributed by atoms with E-state index in [4.69, 9.17) is 11.6 Å². The van der Waals surface area contributed by atoms with Crippen molar-refractivity contribution in [1.29, 1.82) is 0 Å². The van der Waals surface area contributed by atoms with E-state index in [1.807, 2.05) is 30.3 Å². The molecule has 2 aromatic carbocycles. The fourth-order valence-corrected chi connectivity index (χ4v) is 3.18. The highest BCUT2D eigenvalue weighted by Gasteiger charge is 2.16. The Morgan fingerprint density at radius 2 is 1.88 bits per heavy atom. The van der Waals surface area contributed by atoms with E-state index >= 15 is 0 Å². The van der Waals surface area contributed by atoms with Gasteiger partial charge in [0.15, 0.2) is 0 Å². The normalized spacial score (nSPS) is 11.3. The van der Waals surface area contributed by atoms with Crippen molar-refractivity contribution in [2.24, 2.45) is 0 Å². The largest absolute Gasteiger partial charge is 0.492 e. The van der Waals surface area contributed by atoms with Crippen LogP contribution >= 0.6 is 11.6 Å². The number of aromatic amines is 1. The number of aromatic nitrogens is 3. The first-order chi connectivity index (χ1) is 12.5. The standard InChI is InChI=1S/C19H14ClN3O3/c20-12-6-7-13-14(10-12)21-16-15(17(13)24)18(25)22-23(19(16)26)9-8-11-4-2-1-3-5-11/h1-7,10H,8-9H2,(H,21,24)(H,22,25). The van der Waals surface area contributed by atoms with E-state index in [2.05, 4.69) is 10.1 Å². The first-order valence-corrected chi connectivity index (χ1v) is 8.41. The molecule has 0 spiro atoms. The average Bonchev–Trinajstić information content (AvgIpc) is 2.64. The fourth-order valence-electron chi connectivity index (χ4n) is 3.01. The lowest BCUT2D eigenvalue weighted by molar-refractivity contribution is 0.425. The molecule has 0 bridgehead atoms. The number of hydrogen-bond acceptors (Lipinski definition) is 4. The number of nitrogens with one attached hydrogen (secondary N) is 1. The van der Waals surface area contributed by atoms with Crippen molar-refractivity contribution in [2.75, 3.05) is 0 Å². The summed E-state index contributed by atoms with van der Waals surface area (Å²) in [6.07, 6.45) is 0.572. The maximum Gasteiger partial charge on any atom is 0.291 e. The van der Waals surface area contributed by atoms with Crippen LogP contribution in [0.2, 0.25) is 5.02 Å². The Bertz CT molecular complexity index is 1250. The predicted octanol–water partition coefficient (Wildman–Crippen LogP) is 2.84. The zero-order chi connectivity index (χ0) is 18.3. The molecule has 0 saturated carbocycles. The van der Waals surface area contributed by atoms with Gasteiger partial charge in [-0.15, -0.1) is 5.10 Å². The quantitative estimate of drug-likeness (QED) is 0.545. The molecule has 0 atom stereocenters. The minimum absolute atomic E-state index is 0.0188. The third-order valence-corrected chi connectivity index (χ3v) is 4.54. The summed E-state index contributed by atoms with van der Waals surface area (Å²) in [4.78, 5) is 28.3. The molecule has 26 heavy (non-hydrogen) atoms. The molecule has 0 aliphatic carbocycles. The Hall–Kier alpha value is -3.12. The number of rotatable bonds is 3. The summed E-state index contributed by atoms with van der Waals surface area (Å²) < 4.78 is 1.16. The van der Waals surface area contributed by atoms with Crippen LogP contribution in [0.3, 0.4) is 0 Å². The second-order valence-corrected chi connectivity index (χ2v) is 6.42. The Morgan fingerprint density at radius 3 is 2.65 bits per heavy atom. The van der Waals surface area contributed by atoms with Gasteiger partial charge in [-0.05, 0) is 30.2 Å². The van der Waals surface area contributed by atoms with Gasteiger partial charge < -0.3 is 10.1 Å². The van der Waals surface area contributed by atoms with Gasteiger partial charge in [-0.3, -0.25) is 9.59 Å². The SMILES string of the molecule is O=c1c2ccc(Cl)cc2[nH]c2c(=O)n(CCc3ccccc3)nc(O)c12. The molecule has 2 heterocycles. The van der Waals surface area contributed by atoms with E-state index in [1.165, 1.54) is 0 Å². The summed E-state index contributed by atoms with van der Waals surface area (Å²) in [5.74, 6) is -0.467. The highest BCUT2D eigenvalue weighted by Crippen LogP contribution is 2.20. The van der Waals surface area contributed by atoms with Crippen LogP contribution < -0.4 is 11.0 Å². The molecule has 0 unspecified atom stereocenters. The number of pyridine rings is 1. The van der Waals surface area contributed by atoms with E-state index in [0.29, 0.717) is 22.3 Å². The first kappa shape index (κ1) is 16.4. The molecule has 6 nitrogen and oxygen atoms in total. The number of halogens is 1. The van der Waals surface area contributed by atoms with Gasteiger partial charge in [-0.1, -0.05) is 41.9 Å². The van der Waals surface area contributed by atoms with Crippen molar-refractivity contribution in [1.82, 2.24) is 14.8 Å². The Balaban J connectivity index is 1.89. The van der Waals surface area contributed by atoms with E-state index in [9.17, 15) is 14.7 Å². The third-order valence-electron chi connectivity index (χ3n) is 4.31. The zero-order valence-electron chi connectivity index (χ0n) is 13.6. The number of aryl methyl sites for hydroxylation is 2. The number of benzene rings is 2.